The van der Waals surface area contributed by atoms with E-state index in [-0.39, 0.29) is 11.6 Å². The molecule has 0 unspecified atom stereocenters. The third-order valence-electron chi connectivity index (χ3n) is 4.76. The van der Waals surface area contributed by atoms with Gasteiger partial charge in [-0.05, 0) is 30.7 Å². The van der Waals surface area contributed by atoms with E-state index >= 15 is 0 Å². The van der Waals surface area contributed by atoms with Crippen LogP contribution in [0.5, 0.6) is 5.75 Å². The number of hydrogen-bond acceptors (Lipinski definition) is 8. The van der Waals surface area contributed by atoms with Crippen molar-refractivity contribution in [2.75, 3.05) is 36.4 Å². The number of carbonyl (C=O) groups is 1. The van der Waals surface area contributed by atoms with Crippen LogP contribution in [-0.4, -0.2) is 58.4 Å². The van der Waals surface area contributed by atoms with Gasteiger partial charge in [-0.1, -0.05) is 12.1 Å². The highest BCUT2D eigenvalue weighted by atomic mass is 19.4. The molecule has 1 amide bonds. The molecule has 0 aliphatic carbocycles. The van der Waals surface area contributed by atoms with Crippen molar-refractivity contribution in [1.29, 1.82) is 0 Å². The quantitative estimate of drug-likeness (QED) is 0.562. The maximum Gasteiger partial charge on any atom is 0.573 e. The Morgan fingerprint density at radius 1 is 1.15 bits per heavy atom. The molecule has 9 nitrogen and oxygen atoms in total. The first-order valence-electron chi connectivity index (χ1n) is 10.1. The molecular weight excluding hydrogens is 439 g/mol. The number of fused-ring (bicyclic) bond motifs is 1. The predicted molar refractivity (Wildman–Crippen MR) is 116 cm³/mol. The Labute approximate surface area is 186 Å². The van der Waals surface area contributed by atoms with Crippen LogP contribution in [0.1, 0.15) is 11.3 Å². The summed E-state index contributed by atoms with van der Waals surface area (Å²) in [6.07, 6.45) is -0.656. The maximum absolute atomic E-state index is 12.2. The van der Waals surface area contributed by atoms with Crippen LogP contribution in [0.4, 0.5) is 24.9 Å². The van der Waals surface area contributed by atoms with E-state index in [1.165, 1.54) is 30.5 Å². The number of benzene rings is 1. The summed E-state index contributed by atoms with van der Waals surface area (Å²) >= 11 is 0. The van der Waals surface area contributed by atoms with Gasteiger partial charge in [0.2, 0.25) is 11.9 Å². The van der Waals surface area contributed by atoms with Gasteiger partial charge < -0.3 is 20.3 Å². The molecule has 172 valence electrons. The van der Waals surface area contributed by atoms with Crippen molar-refractivity contribution < 1.29 is 22.7 Å². The molecule has 1 aliphatic rings. The molecule has 33 heavy (non-hydrogen) atoms. The number of piperazine rings is 1. The number of aromatic nitrogens is 4. The largest absolute Gasteiger partial charge is 0.573 e. The minimum atomic E-state index is -4.76. The lowest BCUT2D eigenvalue weighted by molar-refractivity contribution is -0.274. The molecule has 0 atom stereocenters. The third kappa shape index (κ3) is 5.92. The number of rotatable bonds is 5. The van der Waals surface area contributed by atoms with Crippen LogP contribution in [0.15, 0.2) is 36.5 Å². The Kier molecular flexibility index (Phi) is 6.36. The highest BCUT2D eigenvalue weighted by molar-refractivity contribution is 6.01. The molecule has 2 aromatic heterocycles. The van der Waals surface area contributed by atoms with Crippen molar-refractivity contribution in [3.8, 4) is 5.75 Å². The molecule has 1 saturated heterocycles. The molecule has 1 aliphatic heterocycles. The number of nitrogens with zero attached hydrogens (tertiary/aromatic N) is 5. The van der Waals surface area contributed by atoms with Crippen LogP contribution in [0.25, 0.3) is 17.2 Å². The molecule has 1 fully saturated rings. The highest BCUT2D eigenvalue weighted by Gasteiger charge is 2.30. The summed E-state index contributed by atoms with van der Waals surface area (Å²) in [7, 11) is 0. The average molecular weight is 459 g/mol. The van der Waals surface area contributed by atoms with Crippen molar-refractivity contribution >= 4 is 34.9 Å². The highest BCUT2D eigenvalue weighted by Crippen LogP contribution is 2.23. The van der Waals surface area contributed by atoms with Gasteiger partial charge >= 0.3 is 6.36 Å². The summed E-state index contributed by atoms with van der Waals surface area (Å²) in [6.45, 7) is 5.13. The first-order chi connectivity index (χ1) is 15.8. The fourth-order valence-corrected chi connectivity index (χ4v) is 3.22. The van der Waals surface area contributed by atoms with Crippen molar-refractivity contribution in [3.05, 3.63) is 47.8 Å². The number of anilines is 2. The molecule has 0 radical (unpaired) electrons. The lowest BCUT2D eigenvalue weighted by Crippen LogP contribution is -2.44. The number of hydrogen-bond donors (Lipinski definition) is 2. The number of nitrogens with one attached hydrogen (secondary N) is 2. The molecular formula is C21H20F3N7O2. The minimum Gasteiger partial charge on any atom is -0.406 e. The van der Waals surface area contributed by atoms with Gasteiger partial charge in [0, 0.05) is 32.3 Å². The molecule has 2 N–H and O–H groups in total. The molecule has 4 rings (SSSR count). The Bertz CT molecular complexity index is 1180. The molecule has 0 spiro atoms. The van der Waals surface area contributed by atoms with Gasteiger partial charge in [-0.15, -0.1) is 13.2 Å². The van der Waals surface area contributed by atoms with Crippen LogP contribution in [-0.2, 0) is 4.79 Å². The minimum absolute atomic E-state index is 0.229. The first-order valence-corrected chi connectivity index (χ1v) is 10.1. The van der Waals surface area contributed by atoms with Crippen LogP contribution in [0.3, 0.4) is 0 Å². The monoisotopic (exact) mass is 459 g/mol. The van der Waals surface area contributed by atoms with Gasteiger partial charge in [-0.2, -0.15) is 4.98 Å². The number of aryl methyl sites for hydroxylation is 1. The van der Waals surface area contributed by atoms with E-state index in [1.807, 2.05) is 6.92 Å². The molecule has 12 heteroatoms. The van der Waals surface area contributed by atoms with Gasteiger partial charge in [0.25, 0.3) is 0 Å². The first kappa shape index (κ1) is 22.4. The van der Waals surface area contributed by atoms with Crippen LogP contribution in [0, 0.1) is 6.92 Å². The Morgan fingerprint density at radius 3 is 2.58 bits per heavy atom. The summed E-state index contributed by atoms with van der Waals surface area (Å²) in [5.41, 5.74) is 2.09. The third-order valence-corrected chi connectivity index (χ3v) is 4.76. The lowest BCUT2D eigenvalue weighted by atomic mass is 10.2. The fourth-order valence-electron chi connectivity index (χ4n) is 3.22. The summed E-state index contributed by atoms with van der Waals surface area (Å²) in [4.78, 5) is 32.0. The lowest BCUT2D eigenvalue weighted by Gasteiger charge is -2.27. The summed E-state index contributed by atoms with van der Waals surface area (Å²) in [5.74, 6) is 0.0124. The SMILES string of the molecule is Cc1nc(N2CCNCC2)nc2ncc(NC(=O)C=Cc3ccc(OC(F)(F)F)cc3)nc12. The summed E-state index contributed by atoms with van der Waals surface area (Å²) in [6, 6.07) is 5.13. The number of halogens is 3. The van der Waals surface area contributed by atoms with Gasteiger partial charge in [-0.3, -0.25) is 4.79 Å². The van der Waals surface area contributed by atoms with Gasteiger partial charge in [0.1, 0.15) is 11.3 Å². The number of carbonyl (C=O) groups excluding carboxylic acids is 1. The van der Waals surface area contributed by atoms with Crippen molar-refractivity contribution in [3.63, 3.8) is 0 Å². The van der Waals surface area contributed by atoms with Crippen molar-refractivity contribution in [2.24, 2.45) is 0 Å². The van der Waals surface area contributed by atoms with E-state index in [0.29, 0.717) is 28.4 Å². The number of alkyl halides is 3. The van der Waals surface area contributed by atoms with Gasteiger partial charge in [0.05, 0.1) is 11.9 Å². The van der Waals surface area contributed by atoms with E-state index < -0.39 is 12.3 Å². The molecule has 1 aromatic carbocycles. The second-order valence-electron chi connectivity index (χ2n) is 7.21. The summed E-state index contributed by atoms with van der Waals surface area (Å²) in [5, 5.41) is 5.88. The molecule has 0 saturated carbocycles. The zero-order chi connectivity index (χ0) is 23.4. The van der Waals surface area contributed by atoms with Crippen molar-refractivity contribution in [2.45, 2.75) is 13.3 Å². The normalized spacial score (nSPS) is 14.6. The fraction of sp³-hybridized carbons (Fsp3) is 0.286. The molecule has 3 heterocycles. The van der Waals surface area contributed by atoms with Crippen LogP contribution >= 0.6 is 0 Å². The Morgan fingerprint density at radius 2 is 1.88 bits per heavy atom. The van der Waals surface area contributed by atoms with Gasteiger partial charge in [0.15, 0.2) is 11.5 Å². The van der Waals surface area contributed by atoms with Crippen molar-refractivity contribution in [1.82, 2.24) is 25.3 Å². The van der Waals surface area contributed by atoms with Gasteiger partial charge in [-0.25, -0.2) is 15.0 Å². The van der Waals surface area contributed by atoms with E-state index in [1.54, 1.807) is 0 Å². The smallest absolute Gasteiger partial charge is 0.406 e. The van der Waals surface area contributed by atoms with Crippen LogP contribution in [0.2, 0.25) is 0 Å². The van der Waals surface area contributed by atoms with E-state index in [9.17, 15) is 18.0 Å². The van der Waals surface area contributed by atoms with E-state index in [4.69, 9.17) is 0 Å². The Hall–Kier alpha value is -3.80. The second kappa shape index (κ2) is 9.36. The van der Waals surface area contributed by atoms with Crippen LogP contribution < -0.4 is 20.3 Å². The molecule has 0 bridgehead atoms. The molecule has 3 aromatic rings. The number of ether oxygens (including phenoxy) is 1. The second-order valence-corrected chi connectivity index (χ2v) is 7.21. The summed E-state index contributed by atoms with van der Waals surface area (Å²) < 4.78 is 40.5. The topological polar surface area (TPSA) is 105 Å². The number of amides is 1. The standard InChI is InChI=1S/C21H20F3N7O2/c1-13-18-19(30-20(27-13)31-10-8-25-9-11-31)26-12-16(29-18)28-17(32)7-4-14-2-5-15(6-3-14)33-21(22,23)24/h2-7,12,25H,8-11H2,1H3,(H,28,29,32). The Balaban J connectivity index is 1.42. The van der Waals surface area contributed by atoms with E-state index in [2.05, 4.69) is 40.2 Å². The average Bonchev–Trinajstić information content (AvgIpc) is 2.78. The zero-order valence-corrected chi connectivity index (χ0v) is 17.6. The van der Waals surface area contributed by atoms with E-state index in [0.717, 1.165) is 38.3 Å². The zero-order valence-electron chi connectivity index (χ0n) is 17.6. The maximum atomic E-state index is 12.2. The predicted octanol–water partition coefficient (Wildman–Crippen LogP) is 2.69.